The van der Waals surface area contributed by atoms with Crippen molar-refractivity contribution in [3.05, 3.63) is 71.3 Å². The topological polar surface area (TPSA) is 12.0 Å². The smallest absolute Gasteiger partial charge is 0.127 e. The van der Waals surface area contributed by atoms with Crippen LogP contribution in [0.3, 0.4) is 0 Å². The molecule has 2 rings (SSSR count). The van der Waals surface area contributed by atoms with Gasteiger partial charge in [-0.3, -0.25) is 0 Å². The second-order valence-electron chi connectivity index (χ2n) is 4.16. The highest BCUT2D eigenvalue weighted by atomic mass is 19.1. The van der Waals surface area contributed by atoms with Gasteiger partial charge in [-0.15, -0.1) is 0 Å². The fraction of sp³-hybridized carbons (Fsp3) is 0.200. The van der Waals surface area contributed by atoms with Crippen LogP contribution in [0.25, 0.3) is 0 Å². The molecule has 0 aliphatic carbocycles. The largest absolute Gasteiger partial charge is 0.313 e. The van der Waals surface area contributed by atoms with Crippen molar-refractivity contribution >= 4 is 0 Å². The zero-order valence-electron chi connectivity index (χ0n) is 10.2. The van der Waals surface area contributed by atoms with Crippen molar-refractivity contribution in [1.29, 1.82) is 0 Å². The van der Waals surface area contributed by atoms with Gasteiger partial charge in [0.05, 0.1) is 0 Å². The van der Waals surface area contributed by atoms with Crippen molar-refractivity contribution in [3.8, 4) is 0 Å². The van der Waals surface area contributed by atoms with E-state index >= 15 is 0 Å². The van der Waals surface area contributed by atoms with Crippen LogP contribution in [0, 0.1) is 11.6 Å². The van der Waals surface area contributed by atoms with Crippen LogP contribution in [0.15, 0.2) is 48.5 Å². The van der Waals surface area contributed by atoms with E-state index in [-0.39, 0.29) is 17.7 Å². The molecular formula is C15H15F2N. The summed E-state index contributed by atoms with van der Waals surface area (Å²) >= 11 is 0. The summed E-state index contributed by atoms with van der Waals surface area (Å²) in [7, 11) is 1.75. The summed E-state index contributed by atoms with van der Waals surface area (Å²) in [5.41, 5.74) is 1.14. The average molecular weight is 247 g/mol. The van der Waals surface area contributed by atoms with Gasteiger partial charge < -0.3 is 5.32 Å². The van der Waals surface area contributed by atoms with Gasteiger partial charge >= 0.3 is 0 Å². The molecule has 0 bridgehead atoms. The Labute approximate surface area is 105 Å². The van der Waals surface area contributed by atoms with E-state index in [9.17, 15) is 8.78 Å². The van der Waals surface area contributed by atoms with Crippen molar-refractivity contribution in [1.82, 2.24) is 5.32 Å². The minimum atomic E-state index is -0.270. The highest BCUT2D eigenvalue weighted by Gasteiger charge is 2.15. The predicted molar refractivity (Wildman–Crippen MR) is 68.3 cm³/mol. The molecule has 2 aromatic carbocycles. The normalized spacial score (nSPS) is 12.4. The van der Waals surface area contributed by atoms with Crippen molar-refractivity contribution in [2.24, 2.45) is 0 Å². The third-order valence-corrected chi connectivity index (χ3v) is 3.01. The Balaban J connectivity index is 2.26. The van der Waals surface area contributed by atoms with E-state index < -0.39 is 0 Å². The van der Waals surface area contributed by atoms with E-state index in [1.54, 1.807) is 43.4 Å². The summed E-state index contributed by atoms with van der Waals surface area (Å²) < 4.78 is 27.3. The lowest BCUT2D eigenvalue weighted by atomic mass is 9.98. The lowest BCUT2D eigenvalue weighted by molar-refractivity contribution is 0.520. The van der Waals surface area contributed by atoms with Crippen LogP contribution in [-0.2, 0) is 6.42 Å². The molecule has 2 aromatic rings. The Morgan fingerprint density at radius 3 is 2.17 bits per heavy atom. The van der Waals surface area contributed by atoms with Crippen LogP contribution in [0.5, 0.6) is 0 Å². The zero-order chi connectivity index (χ0) is 13.0. The molecular weight excluding hydrogens is 232 g/mol. The average Bonchev–Trinajstić information content (AvgIpc) is 2.39. The van der Waals surface area contributed by atoms with Crippen LogP contribution in [0.4, 0.5) is 8.78 Å². The first-order valence-electron chi connectivity index (χ1n) is 5.87. The van der Waals surface area contributed by atoms with Crippen LogP contribution < -0.4 is 5.32 Å². The number of likely N-dealkylation sites (N-methyl/N-ethyl adjacent to an activating group) is 1. The minimum absolute atomic E-state index is 0.233. The summed E-state index contributed by atoms with van der Waals surface area (Å²) in [6.07, 6.45) is 0.421. The van der Waals surface area contributed by atoms with E-state index in [1.807, 2.05) is 0 Å². The van der Waals surface area contributed by atoms with Crippen molar-refractivity contribution in [2.45, 2.75) is 12.5 Å². The molecule has 0 saturated carbocycles. The molecule has 0 amide bonds. The molecule has 0 aliphatic rings. The molecule has 94 valence electrons. The Bertz CT molecular complexity index is 525. The maximum absolute atomic E-state index is 13.7. The van der Waals surface area contributed by atoms with Gasteiger partial charge in [0.2, 0.25) is 0 Å². The van der Waals surface area contributed by atoms with Crippen LogP contribution in [-0.4, -0.2) is 7.05 Å². The first-order valence-corrected chi connectivity index (χ1v) is 5.87. The summed E-state index contributed by atoms with van der Waals surface area (Å²) in [6.45, 7) is 0. The third kappa shape index (κ3) is 2.74. The lowest BCUT2D eigenvalue weighted by Gasteiger charge is -2.17. The van der Waals surface area contributed by atoms with E-state index in [1.165, 1.54) is 12.1 Å². The highest BCUT2D eigenvalue weighted by Crippen LogP contribution is 2.22. The standard InChI is InChI=1S/C15H15F2N/c1-18-15(12-7-3-5-9-14(12)17)10-11-6-2-4-8-13(11)16/h2-9,15,18H,10H2,1H3. The van der Waals surface area contributed by atoms with Gasteiger partial charge in [0, 0.05) is 11.6 Å². The molecule has 1 N–H and O–H groups in total. The summed E-state index contributed by atoms with van der Waals surface area (Å²) in [4.78, 5) is 0. The molecule has 0 heterocycles. The molecule has 0 spiro atoms. The summed E-state index contributed by atoms with van der Waals surface area (Å²) in [6, 6.07) is 12.9. The Kier molecular flexibility index (Phi) is 4.05. The Morgan fingerprint density at radius 2 is 1.56 bits per heavy atom. The quantitative estimate of drug-likeness (QED) is 0.872. The van der Waals surface area contributed by atoms with Gasteiger partial charge in [0.25, 0.3) is 0 Å². The van der Waals surface area contributed by atoms with E-state index in [0.717, 1.165) is 0 Å². The SMILES string of the molecule is CNC(Cc1ccccc1F)c1ccccc1F. The predicted octanol–water partition coefficient (Wildman–Crippen LogP) is 3.47. The first-order chi connectivity index (χ1) is 8.72. The molecule has 1 nitrogen and oxygen atoms in total. The molecule has 0 saturated heterocycles. The first kappa shape index (κ1) is 12.7. The molecule has 1 atom stereocenters. The maximum Gasteiger partial charge on any atom is 0.127 e. The summed E-state index contributed by atoms with van der Waals surface area (Å²) in [5.74, 6) is -0.526. The molecule has 0 aromatic heterocycles. The van der Waals surface area contributed by atoms with Gasteiger partial charge in [-0.05, 0) is 31.2 Å². The second-order valence-corrected chi connectivity index (χ2v) is 4.16. The number of rotatable bonds is 4. The van der Waals surface area contributed by atoms with Gasteiger partial charge in [-0.2, -0.15) is 0 Å². The fourth-order valence-corrected chi connectivity index (χ4v) is 2.01. The van der Waals surface area contributed by atoms with Crippen LogP contribution in [0.1, 0.15) is 17.2 Å². The van der Waals surface area contributed by atoms with Crippen LogP contribution >= 0.6 is 0 Å². The van der Waals surface area contributed by atoms with Crippen molar-refractivity contribution in [3.63, 3.8) is 0 Å². The van der Waals surface area contributed by atoms with E-state index in [0.29, 0.717) is 17.5 Å². The fourth-order valence-electron chi connectivity index (χ4n) is 2.01. The van der Waals surface area contributed by atoms with Crippen molar-refractivity contribution in [2.75, 3.05) is 7.05 Å². The third-order valence-electron chi connectivity index (χ3n) is 3.01. The van der Waals surface area contributed by atoms with Gasteiger partial charge in [-0.25, -0.2) is 8.78 Å². The minimum Gasteiger partial charge on any atom is -0.313 e. The monoisotopic (exact) mass is 247 g/mol. The molecule has 1 unspecified atom stereocenters. The number of benzene rings is 2. The number of hydrogen-bond acceptors (Lipinski definition) is 1. The molecule has 0 radical (unpaired) electrons. The van der Waals surface area contributed by atoms with Crippen LogP contribution in [0.2, 0.25) is 0 Å². The van der Waals surface area contributed by atoms with Crippen molar-refractivity contribution < 1.29 is 8.78 Å². The molecule has 3 heteroatoms. The lowest BCUT2D eigenvalue weighted by Crippen LogP contribution is -2.20. The van der Waals surface area contributed by atoms with Gasteiger partial charge in [-0.1, -0.05) is 36.4 Å². The summed E-state index contributed by atoms with van der Waals surface area (Å²) in [5, 5.41) is 3.03. The molecule has 0 aliphatic heterocycles. The van der Waals surface area contributed by atoms with Gasteiger partial charge in [0.1, 0.15) is 11.6 Å². The Hall–Kier alpha value is -1.74. The Morgan fingerprint density at radius 1 is 0.944 bits per heavy atom. The van der Waals surface area contributed by atoms with Gasteiger partial charge in [0.15, 0.2) is 0 Å². The zero-order valence-corrected chi connectivity index (χ0v) is 10.2. The molecule has 0 fully saturated rings. The number of halogens is 2. The maximum atomic E-state index is 13.7. The molecule has 18 heavy (non-hydrogen) atoms. The second kappa shape index (κ2) is 5.74. The number of hydrogen-bond donors (Lipinski definition) is 1. The van der Waals surface area contributed by atoms with E-state index in [2.05, 4.69) is 5.32 Å². The van der Waals surface area contributed by atoms with E-state index in [4.69, 9.17) is 0 Å². The highest BCUT2D eigenvalue weighted by molar-refractivity contribution is 5.25. The number of nitrogens with one attached hydrogen (secondary N) is 1.